The monoisotopic (exact) mass is 462 g/mol. The standard InChI is InChI=1S/C28H50O3Si/c1-18(17-31-32(7,8)26(2,3)4)21-9-10-22-25-23(12-14-28(21,22)6)27(5)13-11-20(29)15-19(27)16-24(25)30/h18-19,21-25,30H,9-17H2,1-8H3/t18-,19-,21-,22?,23?,24-,25?,27+,28-/m1/s1. The maximum absolute atomic E-state index is 12.2. The third-order valence-corrected chi connectivity index (χ3v) is 16.3. The second kappa shape index (κ2) is 8.19. The van der Waals surface area contributed by atoms with Crippen molar-refractivity contribution in [2.45, 2.75) is 117 Å². The normalized spacial score (nSPS) is 45.7. The van der Waals surface area contributed by atoms with E-state index in [4.69, 9.17) is 4.43 Å². The average Bonchev–Trinajstić information content (AvgIpc) is 3.04. The Morgan fingerprint density at radius 3 is 2.41 bits per heavy atom. The largest absolute Gasteiger partial charge is 0.417 e. The first-order valence-corrected chi connectivity index (χ1v) is 16.5. The first kappa shape index (κ1) is 24.9. The van der Waals surface area contributed by atoms with E-state index in [1.807, 2.05) is 0 Å². The zero-order valence-corrected chi connectivity index (χ0v) is 23.2. The molecule has 3 nitrogen and oxygen atoms in total. The summed E-state index contributed by atoms with van der Waals surface area (Å²) in [6.45, 7) is 20.1. The van der Waals surface area contributed by atoms with E-state index in [9.17, 15) is 9.90 Å². The second-order valence-corrected chi connectivity index (χ2v) is 19.1. The maximum Gasteiger partial charge on any atom is 0.191 e. The van der Waals surface area contributed by atoms with Gasteiger partial charge in [0.1, 0.15) is 5.78 Å². The van der Waals surface area contributed by atoms with Gasteiger partial charge in [-0.15, -0.1) is 0 Å². The minimum atomic E-state index is -1.73. The molecule has 0 bridgehead atoms. The number of hydrogen-bond donors (Lipinski definition) is 1. The molecule has 4 aliphatic carbocycles. The summed E-state index contributed by atoms with van der Waals surface area (Å²) in [6.07, 6.45) is 8.24. The molecule has 0 aromatic carbocycles. The summed E-state index contributed by atoms with van der Waals surface area (Å²) in [7, 11) is -1.73. The number of ketones is 1. The van der Waals surface area contributed by atoms with Crippen LogP contribution in [0.25, 0.3) is 0 Å². The molecule has 0 aromatic heterocycles. The van der Waals surface area contributed by atoms with Crippen LogP contribution in [-0.2, 0) is 9.22 Å². The summed E-state index contributed by atoms with van der Waals surface area (Å²) in [5.41, 5.74) is 0.584. The fourth-order valence-electron chi connectivity index (χ4n) is 8.66. The van der Waals surface area contributed by atoms with E-state index in [1.165, 1.54) is 25.7 Å². The molecule has 9 atom stereocenters. The number of fused-ring (bicyclic) bond motifs is 5. The van der Waals surface area contributed by atoms with Crippen LogP contribution in [0.4, 0.5) is 0 Å². The van der Waals surface area contributed by atoms with Crippen molar-refractivity contribution < 1.29 is 14.3 Å². The van der Waals surface area contributed by atoms with E-state index in [0.717, 1.165) is 25.9 Å². The number of Topliss-reactive ketones (excluding diaryl/α,β-unsaturated/α-hetero) is 1. The van der Waals surface area contributed by atoms with Crippen molar-refractivity contribution in [3.63, 3.8) is 0 Å². The zero-order chi connectivity index (χ0) is 23.7. The van der Waals surface area contributed by atoms with Gasteiger partial charge in [-0.1, -0.05) is 41.5 Å². The van der Waals surface area contributed by atoms with E-state index < -0.39 is 8.32 Å². The van der Waals surface area contributed by atoms with Crippen LogP contribution in [0.1, 0.15) is 92.9 Å². The highest BCUT2D eigenvalue weighted by Gasteiger charge is 2.63. The molecule has 32 heavy (non-hydrogen) atoms. The van der Waals surface area contributed by atoms with Crippen molar-refractivity contribution in [1.82, 2.24) is 0 Å². The van der Waals surface area contributed by atoms with Gasteiger partial charge in [0.25, 0.3) is 0 Å². The van der Waals surface area contributed by atoms with Gasteiger partial charge < -0.3 is 9.53 Å². The van der Waals surface area contributed by atoms with Crippen molar-refractivity contribution >= 4 is 14.1 Å². The molecule has 0 amide bonds. The molecular formula is C28H50O3Si. The molecule has 0 radical (unpaired) electrons. The third kappa shape index (κ3) is 3.88. The van der Waals surface area contributed by atoms with Crippen LogP contribution in [0.5, 0.6) is 0 Å². The smallest absolute Gasteiger partial charge is 0.191 e. The molecule has 4 rings (SSSR count). The molecule has 0 spiro atoms. The first-order valence-electron chi connectivity index (χ1n) is 13.5. The van der Waals surface area contributed by atoms with E-state index in [1.54, 1.807) is 0 Å². The molecule has 0 aromatic rings. The first-order chi connectivity index (χ1) is 14.7. The lowest BCUT2D eigenvalue weighted by molar-refractivity contribution is -0.169. The summed E-state index contributed by atoms with van der Waals surface area (Å²) in [6, 6.07) is 0. The van der Waals surface area contributed by atoms with Gasteiger partial charge in [0.2, 0.25) is 0 Å². The fraction of sp³-hybridized carbons (Fsp3) is 0.964. The summed E-state index contributed by atoms with van der Waals surface area (Å²) in [5, 5.41) is 11.7. The van der Waals surface area contributed by atoms with Crippen LogP contribution in [0.15, 0.2) is 0 Å². The predicted octanol–water partition coefficient (Wildman–Crippen LogP) is 6.84. The number of aliphatic hydroxyl groups excluding tert-OH is 1. The Balaban J connectivity index is 1.50. The number of hydrogen-bond acceptors (Lipinski definition) is 3. The number of carbonyl (C=O) groups excluding carboxylic acids is 1. The topological polar surface area (TPSA) is 46.5 Å². The predicted molar refractivity (Wildman–Crippen MR) is 134 cm³/mol. The Bertz CT molecular complexity index is 727. The lowest BCUT2D eigenvalue weighted by Crippen LogP contribution is -2.58. The van der Waals surface area contributed by atoms with Gasteiger partial charge in [-0.3, -0.25) is 4.79 Å². The fourth-order valence-corrected chi connectivity index (χ4v) is 9.77. The van der Waals surface area contributed by atoms with Gasteiger partial charge in [0.15, 0.2) is 8.32 Å². The Kier molecular flexibility index (Phi) is 6.38. The summed E-state index contributed by atoms with van der Waals surface area (Å²) >= 11 is 0. The minimum absolute atomic E-state index is 0.217. The highest BCUT2D eigenvalue weighted by molar-refractivity contribution is 6.74. The SMILES string of the molecule is C[C@H](CO[Si](C)(C)C(C)(C)C)[C@H]1CCC2C3C(CC[C@@]21C)[C@@]1(C)CCC(=O)C[C@@H]1C[C@H]3O. The van der Waals surface area contributed by atoms with Gasteiger partial charge in [-0.05, 0) is 103 Å². The van der Waals surface area contributed by atoms with Crippen molar-refractivity contribution in [3.8, 4) is 0 Å². The van der Waals surface area contributed by atoms with Gasteiger partial charge >= 0.3 is 0 Å². The van der Waals surface area contributed by atoms with Gasteiger partial charge in [0, 0.05) is 19.4 Å². The molecule has 4 aliphatic rings. The Hall–Kier alpha value is -0.193. The zero-order valence-electron chi connectivity index (χ0n) is 22.2. The highest BCUT2D eigenvalue weighted by Crippen LogP contribution is 2.68. The van der Waals surface area contributed by atoms with Gasteiger partial charge in [0.05, 0.1) is 6.10 Å². The second-order valence-electron chi connectivity index (χ2n) is 14.3. The van der Waals surface area contributed by atoms with Gasteiger partial charge in [-0.25, -0.2) is 0 Å². The van der Waals surface area contributed by atoms with E-state index in [0.29, 0.717) is 53.1 Å². The molecule has 4 heteroatoms. The van der Waals surface area contributed by atoms with E-state index in [-0.39, 0.29) is 16.6 Å². The van der Waals surface area contributed by atoms with Crippen LogP contribution < -0.4 is 0 Å². The Labute approximate surface area is 198 Å². The Morgan fingerprint density at radius 2 is 1.75 bits per heavy atom. The molecular weight excluding hydrogens is 412 g/mol. The molecule has 4 saturated carbocycles. The molecule has 184 valence electrons. The minimum Gasteiger partial charge on any atom is -0.417 e. The number of aliphatic hydroxyl groups is 1. The molecule has 4 fully saturated rings. The molecule has 1 N–H and O–H groups in total. The third-order valence-electron chi connectivity index (χ3n) is 11.8. The lowest BCUT2D eigenvalue weighted by Gasteiger charge is -2.62. The average molecular weight is 463 g/mol. The summed E-state index contributed by atoms with van der Waals surface area (Å²) in [5.74, 6) is 3.76. The van der Waals surface area contributed by atoms with Gasteiger partial charge in [-0.2, -0.15) is 0 Å². The van der Waals surface area contributed by atoms with Crippen molar-refractivity contribution in [1.29, 1.82) is 0 Å². The van der Waals surface area contributed by atoms with Crippen molar-refractivity contribution in [2.75, 3.05) is 6.61 Å². The van der Waals surface area contributed by atoms with E-state index >= 15 is 0 Å². The number of carbonyl (C=O) groups is 1. The maximum atomic E-state index is 12.2. The van der Waals surface area contributed by atoms with Crippen LogP contribution in [0, 0.1) is 46.3 Å². The molecule has 3 unspecified atom stereocenters. The molecule has 0 aliphatic heterocycles. The lowest BCUT2D eigenvalue weighted by atomic mass is 9.44. The quantitative estimate of drug-likeness (QED) is 0.465. The van der Waals surface area contributed by atoms with E-state index in [2.05, 4.69) is 54.6 Å². The summed E-state index contributed by atoms with van der Waals surface area (Å²) < 4.78 is 6.67. The Morgan fingerprint density at radius 1 is 1.09 bits per heavy atom. The molecule has 0 saturated heterocycles. The molecule has 0 heterocycles. The number of rotatable bonds is 4. The van der Waals surface area contributed by atoms with Crippen LogP contribution >= 0.6 is 0 Å². The van der Waals surface area contributed by atoms with Crippen LogP contribution in [0.3, 0.4) is 0 Å². The summed E-state index contributed by atoms with van der Waals surface area (Å²) in [4.78, 5) is 12.2. The van der Waals surface area contributed by atoms with Crippen LogP contribution in [-0.4, -0.2) is 31.9 Å². The highest BCUT2D eigenvalue weighted by atomic mass is 28.4. The van der Waals surface area contributed by atoms with Crippen molar-refractivity contribution in [2.24, 2.45) is 46.3 Å². The van der Waals surface area contributed by atoms with Crippen LogP contribution in [0.2, 0.25) is 18.1 Å². The van der Waals surface area contributed by atoms with Crippen molar-refractivity contribution in [3.05, 3.63) is 0 Å².